The van der Waals surface area contributed by atoms with Crippen LogP contribution in [0.4, 0.5) is 13.2 Å². The van der Waals surface area contributed by atoms with Gasteiger partial charge in [0, 0.05) is 25.2 Å². The zero-order valence-corrected chi connectivity index (χ0v) is 16.8. The molecule has 1 heterocycles. The molecular formula is C19H16F3NO6S. The number of fused-ring (bicyclic) bond motifs is 1. The van der Waals surface area contributed by atoms with Crippen LogP contribution in [0.15, 0.2) is 47.3 Å². The Morgan fingerprint density at radius 2 is 1.53 bits per heavy atom. The van der Waals surface area contributed by atoms with Crippen LogP contribution in [-0.2, 0) is 17.2 Å². The van der Waals surface area contributed by atoms with Crippen molar-refractivity contribution in [2.45, 2.75) is 5.51 Å². The molecular weight excluding hydrogens is 427 g/mol. The molecule has 0 aliphatic rings. The van der Waals surface area contributed by atoms with Gasteiger partial charge in [-0.1, -0.05) is 0 Å². The fourth-order valence-corrected chi connectivity index (χ4v) is 3.36. The molecule has 0 atom stereocenters. The summed E-state index contributed by atoms with van der Waals surface area (Å²) in [6.07, 6.45) is 0. The molecule has 0 saturated carbocycles. The van der Waals surface area contributed by atoms with E-state index in [1.165, 1.54) is 30.9 Å². The lowest BCUT2D eigenvalue weighted by Gasteiger charge is -2.17. The summed E-state index contributed by atoms with van der Waals surface area (Å²) in [4.78, 5) is 12.8. The van der Waals surface area contributed by atoms with Gasteiger partial charge in [-0.05, 0) is 29.8 Å². The molecule has 0 spiro atoms. The van der Waals surface area contributed by atoms with Gasteiger partial charge in [0.15, 0.2) is 11.2 Å². The molecule has 160 valence electrons. The summed E-state index contributed by atoms with van der Waals surface area (Å²) in [6.45, 7) is 0. The van der Waals surface area contributed by atoms with E-state index in [9.17, 15) is 26.4 Å². The van der Waals surface area contributed by atoms with E-state index in [0.717, 1.165) is 6.07 Å². The van der Waals surface area contributed by atoms with Crippen molar-refractivity contribution in [2.24, 2.45) is 7.05 Å². The highest BCUT2D eigenvalue weighted by Crippen LogP contribution is 2.35. The highest BCUT2D eigenvalue weighted by molar-refractivity contribution is 7.88. The maximum absolute atomic E-state index is 12.8. The molecule has 7 nitrogen and oxygen atoms in total. The number of benzene rings is 2. The maximum atomic E-state index is 12.8. The summed E-state index contributed by atoms with van der Waals surface area (Å²) in [6, 6.07) is 10.3. The Labute approximate surface area is 169 Å². The molecule has 3 aromatic rings. The predicted molar refractivity (Wildman–Crippen MR) is 103 cm³/mol. The first-order valence-corrected chi connectivity index (χ1v) is 9.76. The lowest BCUT2D eigenvalue weighted by Crippen LogP contribution is -2.28. The molecule has 0 fully saturated rings. The predicted octanol–water partition coefficient (Wildman–Crippen LogP) is 3.45. The second-order valence-electron chi connectivity index (χ2n) is 6.18. The number of aromatic nitrogens is 1. The number of halogens is 3. The highest BCUT2D eigenvalue weighted by Gasteiger charge is 2.49. The van der Waals surface area contributed by atoms with E-state index in [0.29, 0.717) is 17.0 Å². The monoisotopic (exact) mass is 443 g/mol. The van der Waals surface area contributed by atoms with Crippen molar-refractivity contribution in [1.82, 2.24) is 4.57 Å². The fourth-order valence-electron chi connectivity index (χ4n) is 2.90. The number of alkyl halides is 3. The van der Waals surface area contributed by atoms with Crippen molar-refractivity contribution in [3.63, 3.8) is 0 Å². The van der Waals surface area contributed by atoms with Crippen molar-refractivity contribution in [3.8, 4) is 28.5 Å². The van der Waals surface area contributed by atoms with Crippen molar-refractivity contribution in [3.05, 3.63) is 52.7 Å². The second kappa shape index (κ2) is 7.56. The Bertz CT molecular complexity index is 1260. The third-order valence-electron chi connectivity index (χ3n) is 4.40. The van der Waals surface area contributed by atoms with Gasteiger partial charge in [0.2, 0.25) is 0 Å². The minimum atomic E-state index is -5.98. The Kier molecular flexibility index (Phi) is 5.42. The summed E-state index contributed by atoms with van der Waals surface area (Å²) in [5, 5.41) is -0.330. The van der Waals surface area contributed by atoms with Crippen LogP contribution in [-0.4, -0.2) is 32.7 Å². The lowest BCUT2D eigenvalue weighted by molar-refractivity contribution is -0.0499. The topological polar surface area (TPSA) is 83.8 Å². The number of pyridine rings is 1. The van der Waals surface area contributed by atoms with E-state index < -0.39 is 26.8 Å². The minimum Gasteiger partial charge on any atom is -0.497 e. The molecule has 0 aliphatic heterocycles. The van der Waals surface area contributed by atoms with Gasteiger partial charge in [0.05, 0.1) is 30.8 Å². The Hall–Kier alpha value is -3.21. The zero-order valence-electron chi connectivity index (χ0n) is 16.0. The quantitative estimate of drug-likeness (QED) is 0.444. The summed E-state index contributed by atoms with van der Waals surface area (Å²) in [5.41, 5.74) is -5.18. The standard InChI is InChI=1S/C19H16F3NO6S/c1-23-14(11-4-6-12(27-2)7-5-11)10-16(24)18-15(23)8-13(28-3)9-17(18)29-30(25,26)19(20,21)22/h4-10H,1-3H3. The first-order chi connectivity index (χ1) is 14.0. The highest BCUT2D eigenvalue weighted by atomic mass is 32.2. The van der Waals surface area contributed by atoms with E-state index >= 15 is 0 Å². The van der Waals surface area contributed by atoms with Crippen LogP contribution >= 0.6 is 0 Å². The van der Waals surface area contributed by atoms with Crippen molar-refractivity contribution in [2.75, 3.05) is 14.2 Å². The molecule has 1 aromatic heterocycles. The number of hydrogen-bond donors (Lipinski definition) is 0. The molecule has 3 rings (SSSR count). The number of methoxy groups -OCH3 is 2. The van der Waals surface area contributed by atoms with Gasteiger partial charge in [0.25, 0.3) is 0 Å². The molecule has 0 bridgehead atoms. The molecule has 0 aliphatic carbocycles. The third kappa shape index (κ3) is 3.80. The van der Waals surface area contributed by atoms with Crippen LogP contribution in [0.5, 0.6) is 17.2 Å². The fraction of sp³-hybridized carbons (Fsp3) is 0.211. The number of nitrogens with zero attached hydrogens (tertiary/aromatic N) is 1. The van der Waals surface area contributed by atoms with E-state index in [-0.39, 0.29) is 16.7 Å². The van der Waals surface area contributed by atoms with Crippen LogP contribution in [0.2, 0.25) is 0 Å². The molecule has 0 N–H and O–H groups in total. The third-order valence-corrected chi connectivity index (χ3v) is 5.36. The molecule has 0 unspecified atom stereocenters. The van der Waals surface area contributed by atoms with Gasteiger partial charge < -0.3 is 18.2 Å². The summed E-state index contributed by atoms with van der Waals surface area (Å²) in [5.74, 6) is -0.167. The summed E-state index contributed by atoms with van der Waals surface area (Å²) >= 11 is 0. The SMILES string of the molecule is COc1ccc(-c2cc(=O)c3c(OS(=O)(=O)C(F)(F)F)cc(OC)cc3n2C)cc1. The van der Waals surface area contributed by atoms with Crippen molar-refractivity contribution < 1.29 is 35.2 Å². The maximum Gasteiger partial charge on any atom is 0.534 e. The van der Waals surface area contributed by atoms with Gasteiger partial charge in [-0.15, -0.1) is 0 Å². The van der Waals surface area contributed by atoms with Gasteiger partial charge in [-0.25, -0.2) is 0 Å². The normalized spacial score (nSPS) is 12.1. The van der Waals surface area contributed by atoms with Crippen LogP contribution in [0, 0.1) is 0 Å². The van der Waals surface area contributed by atoms with Crippen molar-refractivity contribution in [1.29, 1.82) is 0 Å². The number of hydrogen-bond acceptors (Lipinski definition) is 6. The molecule has 30 heavy (non-hydrogen) atoms. The van der Waals surface area contributed by atoms with Crippen molar-refractivity contribution >= 4 is 21.0 Å². The van der Waals surface area contributed by atoms with Gasteiger partial charge in [-0.2, -0.15) is 21.6 Å². The number of aryl methyl sites for hydroxylation is 1. The van der Waals surface area contributed by atoms with Gasteiger partial charge in [0.1, 0.15) is 11.5 Å². The van der Waals surface area contributed by atoms with Crippen LogP contribution < -0.4 is 19.1 Å². The van der Waals surface area contributed by atoms with E-state index in [1.807, 2.05) is 0 Å². The van der Waals surface area contributed by atoms with Crippen LogP contribution in [0.3, 0.4) is 0 Å². The number of rotatable bonds is 5. The molecule has 0 amide bonds. The van der Waals surface area contributed by atoms with E-state index in [4.69, 9.17) is 9.47 Å². The van der Waals surface area contributed by atoms with Gasteiger partial charge in [-0.3, -0.25) is 4.79 Å². The van der Waals surface area contributed by atoms with Gasteiger partial charge >= 0.3 is 15.6 Å². The average molecular weight is 443 g/mol. The lowest BCUT2D eigenvalue weighted by atomic mass is 10.1. The van der Waals surface area contributed by atoms with E-state index in [1.54, 1.807) is 31.3 Å². The first-order valence-electron chi connectivity index (χ1n) is 8.35. The molecule has 0 radical (unpaired) electrons. The Balaban J connectivity index is 2.28. The zero-order chi connectivity index (χ0) is 22.3. The summed E-state index contributed by atoms with van der Waals surface area (Å²) in [7, 11) is -1.66. The number of ether oxygens (including phenoxy) is 2. The Morgan fingerprint density at radius 3 is 2.07 bits per heavy atom. The van der Waals surface area contributed by atoms with E-state index in [2.05, 4.69) is 4.18 Å². The largest absolute Gasteiger partial charge is 0.534 e. The average Bonchev–Trinajstić information content (AvgIpc) is 2.69. The van der Waals surface area contributed by atoms with Crippen LogP contribution in [0.1, 0.15) is 0 Å². The minimum absolute atomic E-state index is 0.0109. The Morgan fingerprint density at radius 1 is 0.933 bits per heavy atom. The summed E-state index contributed by atoms with van der Waals surface area (Å²) < 4.78 is 77.3. The molecule has 2 aromatic carbocycles. The smallest absolute Gasteiger partial charge is 0.497 e. The molecule has 11 heteroatoms. The molecule has 0 saturated heterocycles. The second-order valence-corrected chi connectivity index (χ2v) is 7.72. The van der Waals surface area contributed by atoms with Crippen LogP contribution in [0.25, 0.3) is 22.2 Å². The first kappa shape index (κ1) is 21.5.